The molecule has 1 heterocycles. The Bertz CT molecular complexity index is 901. The zero-order chi connectivity index (χ0) is 32.8. The lowest BCUT2D eigenvalue weighted by Crippen LogP contribution is -2.51. The van der Waals surface area contributed by atoms with E-state index in [2.05, 4.69) is 38.9 Å². The summed E-state index contributed by atoms with van der Waals surface area (Å²) in [5, 5.41) is 43.5. The molecule has 0 aromatic heterocycles. The number of hydrogen-bond donors (Lipinski definition) is 13. The molecule has 1 aliphatic heterocycles. The van der Waals surface area contributed by atoms with Gasteiger partial charge < -0.3 is 64.6 Å². The fraction of sp³-hybridized carbons (Fsp3) is 0.682. The Morgan fingerprint density at radius 3 is 1.98 bits per heavy atom. The van der Waals surface area contributed by atoms with E-state index in [1.807, 2.05) is 0 Å². The number of nitrogens with two attached hydrogens (primary N) is 4. The van der Waals surface area contributed by atoms with Crippen molar-refractivity contribution in [3.05, 3.63) is 0 Å². The number of thiol groups is 1. The Morgan fingerprint density at radius 1 is 1.02 bits per heavy atom. The molecule has 20 heteroatoms. The van der Waals surface area contributed by atoms with Gasteiger partial charge in [-0.25, -0.2) is 4.79 Å². The summed E-state index contributed by atoms with van der Waals surface area (Å²) in [5.74, 6) is -5.21. The number of aliphatic hydroxyl groups excluding tert-OH is 1. The molecule has 0 saturated carbocycles. The largest absolute Gasteiger partial charge is 0.480 e. The molecule has 16 N–H and O–H groups in total. The van der Waals surface area contributed by atoms with E-state index in [9.17, 15) is 28.8 Å². The molecule has 5 atom stereocenters. The molecule has 3 amide bonds. The van der Waals surface area contributed by atoms with Gasteiger partial charge >= 0.3 is 17.9 Å². The third kappa shape index (κ3) is 20.2. The number of nitrogens with one attached hydrogen (secondary N) is 4. The minimum Gasteiger partial charge on any atom is -0.480 e. The summed E-state index contributed by atoms with van der Waals surface area (Å²) < 4.78 is 0. The summed E-state index contributed by atoms with van der Waals surface area (Å²) in [7, 11) is 0. The molecule has 0 aliphatic carbocycles. The Hall–Kier alpha value is -3.72. The number of carboxylic acid groups (broad SMARTS) is 3. The average molecular weight is 626 g/mol. The van der Waals surface area contributed by atoms with E-state index in [4.69, 9.17) is 43.4 Å². The fourth-order valence-corrected chi connectivity index (χ4v) is 3.10. The Kier molecular flexibility index (Phi) is 22.0. The Morgan fingerprint density at radius 2 is 1.62 bits per heavy atom. The summed E-state index contributed by atoms with van der Waals surface area (Å²) in [6.45, 7) is 1.68. The number of aliphatic imine (C=N–C) groups is 1. The van der Waals surface area contributed by atoms with Crippen molar-refractivity contribution in [2.45, 2.75) is 62.9 Å². The van der Waals surface area contributed by atoms with E-state index in [1.54, 1.807) is 0 Å². The lowest BCUT2D eigenvalue weighted by molar-refractivity contribution is -0.141. The topological polar surface area (TPSA) is 348 Å². The van der Waals surface area contributed by atoms with Gasteiger partial charge in [0.25, 0.3) is 0 Å². The highest BCUT2D eigenvalue weighted by atomic mass is 32.1. The van der Waals surface area contributed by atoms with Crippen LogP contribution in [0.4, 0.5) is 0 Å². The molecule has 4 unspecified atom stereocenters. The fourth-order valence-electron chi connectivity index (χ4n) is 2.85. The van der Waals surface area contributed by atoms with Crippen molar-refractivity contribution in [2.24, 2.45) is 27.9 Å². The van der Waals surface area contributed by atoms with Crippen molar-refractivity contribution < 1.29 is 49.2 Å². The molecule has 1 rings (SSSR count). The number of carboxylic acids is 3. The summed E-state index contributed by atoms with van der Waals surface area (Å²) in [6, 6.07) is -3.53. The molecule has 1 saturated heterocycles. The number of carbonyl (C=O) groups is 6. The molecule has 0 aromatic rings. The first-order chi connectivity index (χ1) is 19.6. The molecule has 0 spiro atoms. The van der Waals surface area contributed by atoms with Crippen molar-refractivity contribution in [1.82, 2.24) is 21.3 Å². The Labute approximate surface area is 247 Å². The number of aliphatic carboxylic acids is 3. The monoisotopic (exact) mass is 625 g/mol. The highest BCUT2D eigenvalue weighted by molar-refractivity contribution is 7.80. The number of hydrogen-bond acceptors (Lipinski definition) is 12. The Balaban J connectivity index is 0. The maximum Gasteiger partial charge on any atom is 0.327 e. The van der Waals surface area contributed by atoms with Gasteiger partial charge in [0.15, 0.2) is 5.96 Å². The highest BCUT2D eigenvalue weighted by Gasteiger charge is 2.23. The van der Waals surface area contributed by atoms with Crippen molar-refractivity contribution in [1.29, 1.82) is 0 Å². The van der Waals surface area contributed by atoms with Crippen molar-refractivity contribution in [3.8, 4) is 0 Å². The smallest absolute Gasteiger partial charge is 0.327 e. The number of nitrogens with zero attached hydrogens (tertiary/aromatic N) is 1. The number of guanidine groups is 1. The van der Waals surface area contributed by atoms with Crippen molar-refractivity contribution in [2.75, 3.05) is 31.9 Å². The van der Waals surface area contributed by atoms with Gasteiger partial charge in [0.1, 0.15) is 24.2 Å². The molecule has 42 heavy (non-hydrogen) atoms. The number of aliphatic hydroxyl groups is 1. The molecular formula is C22H43N9O10S. The lowest BCUT2D eigenvalue weighted by atomic mass is 10.1. The van der Waals surface area contributed by atoms with Crippen LogP contribution in [0.15, 0.2) is 4.99 Å². The molecule has 0 bridgehead atoms. The first kappa shape index (κ1) is 40.4. The number of rotatable bonds is 15. The third-order valence-corrected chi connectivity index (χ3v) is 5.55. The molecule has 1 fully saturated rings. The van der Waals surface area contributed by atoms with E-state index in [0.717, 1.165) is 19.4 Å². The van der Waals surface area contributed by atoms with E-state index in [-0.39, 0.29) is 37.3 Å². The van der Waals surface area contributed by atoms with E-state index >= 15 is 0 Å². The van der Waals surface area contributed by atoms with Crippen LogP contribution in [-0.4, -0.2) is 124 Å². The normalized spacial score (nSPS) is 16.4. The molecule has 1 aliphatic rings. The van der Waals surface area contributed by atoms with Crippen molar-refractivity contribution >= 4 is 54.2 Å². The third-order valence-electron chi connectivity index (χ3n) is 5.18. The van der Waals surface area contributed by atoms with E-state index < -0.39 is 66.4 Å². The van der Waals surface area contributed by atoms with Crippen LogP contribution in [0.25, 0.3) is 0 Å². The first-order valence-corrected chi connectivity index (χ1v) is 13.3. The van der Waals surface area contributed by atoms with Crippen LogP contribution in [0, 0.1) is 0 Å². The van der Waals surface area contributed by atoms with Gasteiger partial charge in [0.2, 0.25) is 17.7 Å². The maximum atomic E-state index is 12.2. The SMILES string of the molecule is CC(O)C(N)C(=O)O.NCC(=O)NC(CCCN=C(N)N)C(=O)NCC(=O)NC(CS)C(=O)O.O=C(O)[C@@H]1CCCN1. The summed E-state index contributed by atoms with van der Waals surface area (Å²) in [4.78, 5) is 69.8. The molecule has 242 valence electrons. The predicted octanol–water partition coefficient (Wildman–Crippen LogP) is -5.30. The van der Waals surface area contributed by atoms with Crippen LogP contribution in [0.1, 0.15) is 32.6 Å². The lowest BCUT2D eigenvalue weighted by Gasteiger charge is -2.18. The molecular weight excluding hydrogens is 582 g/mol. The molecule has 0 radical (unpaired) electrons. The van der Waals surface area contributed by atoms with Crippen LogP contribution in [0.3, 0.4) is 0 Å². The van der Waals surface area contributed by atoms with Crippen molar-refractivity contribution in [3.63, 3.8) is 0 Å². The van der Waals surface area contributed by atoms with Crippen LogP contribution in [0.2, 0.25) is 0 Å². The summed E-state index contributed by atoms with van der Waals surface area (Å²) >= 11 is 3.81. The summed E-state index contributed by atoms with van der Waals surface area (Å²) in [5.41, 5.74) is 20.5. The molecule has 0 aromatic carbocycles. The minimum atomic E-state index is -1.24. The maximum absolute atomic E-state index is 12.2. The van der Waals surface area contributed by atoms with Gasteiger partial charge in [-0.1, -0.05) is 0 Å². The second kappa shape index (κ2) is 22.9. The predicted molar refractivity (Wildman–Crippen MR) is 153 cm³/mol. The van der Waals surface area contributed by atoms with Gasteiger partial charge in [0.05, 0.1) is 19.2 Å². The number of amides is 3. The number of carbonyl (C=O) groups excluding carboxylic acids is 3. The second-order valence-corrected chi connectivity index (χ2v) is 9.09. The van der Waals surface area contributed by atoms with Crippen LogP contribution < -0.4 is 44.2 Å². The van der Waals surface area contributed by atoms with Gasteiger partial charge in [-0.05, 0) is 39.2 Å². The first-order valence-electron chi connectivity index (χ1n) is 12.6. The van der Waals surface area contributed by atoms with Gasteiger partial charge in [0, 0.05) is 12.3 Å². The van der Waals surface area contributed by atoms with Crippen LogP contribution in [-0.2, 0) is 28.8 Å². The van der Waals surface area contributed by atoms with E-state index in [1.165, 1.54) is 6.92 Å². The van der Waals surface area contributed by atoms with Gasteiger partial charge in [-0.3, -0.25) is 29.0 Å². The second-order valence-electron chi connectivity index (χ2n) is 8.72. The quantitative estimate of drug-likeness (QED) is 0.0350. The van der Waals surface area contributed by atoms with Crippen LogP contribution >= 0.6 is 12.6 Å². The van der Waals surface area contributed by atoms with Crippen LogP contribution in [0.5, 0.6) is 0 Å². The summed E-state index contributed by atoms with van der Waals surface area (Å²) in [6.07, 6.45) is 1.41. The minimum absolute atomic E-state index is 0.0918. The van der Waals surface area contributed by atoms with Gasteiger partial charge in [-0.2, -0.15) is 12.6 Å². The highest BCUT2D eigenvalue weighted by Crippen LogP contribution is 2.03. The van der Waals surface area contributed by atoms with Gasteiger partial charge in [-0.15, -0.1) is 0 Å². The molecule has 19 nitrogen and oxygen atoms in total. The zero-order valence-corrected chi connectivity index (χ0v) is 24.1. The van der Waals surface area contributed by atoms with E-state index in [0.29, 0.717) is 6.42 Å². The standard InChI is InChI=1S/C13H25N7O5S.C5H9NO2.C4H9NO3/c14-4-9(21)19-7(2-1-3-17-13(15)16)11(23)18-5-10(22)20-8(6-26)12(24)25;7-5(8)4-2-1-3-6-4;1-2(6)3(5)4(7)8/h7-8,26H,1-6,14H2,(H,18,23)(H,19,21)(H,20,22)(H,24,25)(H4,15,16,17);4,6H,1-3H2,(H,7,8);2-3,6H,5H2,1H3,(H,7,8)/t;4-;/m.0./s1. The average Bonchev–Trinajstić information content (AvgIpc) is 3.47. The zero-order valence-electron chi connectivity index (χ0n) is 23.2.